The molecule has 1 amide bonds. The molecule has 0 bridgehead atoms. The van der Waals surface area contributed by atoms with Crippen LogP contribution in [0.5, 0.6) is 0 Å². The SMILES string of the molecule is Cn1c(Cn2ccnc2)nnc1C1CCCN(C(=O)c2ccccc2F)C1. The number of halogens is 1. The monoisotopic (exact) mass is 368 g/mol. The molecule has 1 fully saturated rings. The van der Waals surface area contributed by atoms with Crippen molar-refractivity contribution in [1.29, 1.82) is 0 Å². The Hall–Kier alpha value is -3.03. The van der Waals surface area contributed by atoms with Crippen molar-refractivity contribution < 1.29 is 9.18 Å². The van der Waals surface area contributed by atoms with E-state index in [-0.39, 0.29) is 17.4 Å². The third kappa shape index (κ3) is 3.47. The van der Waals surface area contributed by atoms with Crippen LogP contribution in [0.15, 0.2) is 43.0 Å². The molecule has 0 spiro atoms. The molecule has 7 nitrogen and oxygen atoms in total. The molecule has 0 aliphatic carbocycles. The molecule has 3 aromatic rings. The van der Waals surface area contributed by atoms with Crippen LogP contribution in [0.1, 0.15) is 40.8 Å². The van der Waals surface area contributed by atoms with Crippen LogP contribution < -0.4 is 0 Å². The molecule has 2 aromatic heterocycles. The summed E-state index contributed by atoms with van der Waals surface area (Å²) in [5.74, 6) is 1.03. The van der Waals surface area contributed by atoms with Crippen molar-refractivity contribution in [2.24, 2.45) is 7.05 Å². The van der Waals surface area contributed by atoms with Crippen LogP contribution in [-0.2, 0) is 13.6 Å². The molecule has 0 radical (unpaired) electrons. The van der Waals surface area contributed by atoms with Gasteiger partial charge in [-0.2, -0.15) is 0 Å². The number of hydrogen-bond acceptors (Lipinski definition) is 4. The van der Waals surface area contributed by atoms with Gasteiger partial charge in [0.15, 0.2) is 5.82 Å². The van der Waals surface area contributed by atoms with Gasteiger partial charge in [0.05, 0.1) is 18.4 Å². The molecule has 3 heterocycles. The summed E-state index contributed by atoms with van der Waals surface area (Å²) in [7, 11) is 1.94. The fraction of sp³-hybridized carbons (Fsp3) is 0.368. The Morgan fingerprint density at radius 1 is 1.30 bits per heavy atom. The van der Waals surface area contributed by atoms with Gasteiger partial charge in [0.1, 0.15) is 11.6 Å². The number of imidazole rings is 1. The van der Waals surface area contributed by atoms with E-state index in [0.717, 1.165) is 24.5 Å². The van der Waals surface area contributed by atoms with Gasteiger partial charge in [-0.25, -0.2) is 9.37 Å². The first-order chi connectivity index (χ1) is 13.1. The average molecular weight is 368 g/mol. The molecule has 140 valence electrons. The van der Waals surface area contributed by atoms with Gasteiger partial charge in [0.2, 0.25) is 0 Å². The number of amides is 1. The van der Waals surface area contributed by atoms with E-state index in [1.165, 1.54) is 12.1 Å². The van der Waals surface area contributed by atoms with Gasteiger partial charge in [-0.05, 0) is 25.0 Å². The molecule has 1 atom stereocenters. The Balaban J connectivity index is 1.51. The van der Waals surface area contributed by atoms with Gasteiger partial charge in [0, 0.05) is 38.4 Å². The lowest BCUT2D eigenvalue weighted by Crippen LogP contribution is -2.40. The second kappa shape index (κ2) is 7.30. The summed E-state index contributed by atoms with van der Waals surface area (Å²) in [6, 6.07) is 6.13. The first-order valence-corrected chi connectivity index (χ1v) is 9.01. The van der Waals surface area contributed by atoms with E-state index in [4.69, 9.17) is 0 Å². The standard InChI is InChI=1S/C19H21FN6O/c1-24-17(12-25-10-8-21-13-25)22-23-18(24)14-5-4-9-26(11-14)19(27)15-6-2-3-7-16(15)20/h2-3,6-8,10,13-14H,4-5,9,11-12H2,1H3. The lowest BCUT2D eigenvalue weighted by Gasteiger charge is -2.32. The zero-order chi connectivity index (χ0) is 18.8. The summed E-state index contributed by atoms with van der Waals surface area (Å²) in [5, 5.41) is 8.68. The van der Waals surface area contributed by atoms with E-state index in [0.29, 0.717) is 19.6 Å². The predicted octanol–water partition coefficient (Wildman–Crippen LogP) is 2.22. The number of hydrogen-bond donors (Lipinski definition) is 0. The lowest BCUT2D eigenvalue weighted by molar-refractivity contribution is 0.0698. The normalized spacial score (nSPS) is 17.3. The van der Waals surface area contributed by atoms with Crippen LogP contribution >= 0.6 is 0 Å². The second-order valence-electron chi connectivity index (χ2n) is 6.84. The quantitative estimate of drug-likeness (QED) is 0.708. The number of benzene rings is 1. The van der Waals surface area contributed by atoms with E-state index < -0.39 is 5.82 Å². The Labute approximate surface area is 156 Å². The molecular weight excluding hydrogens is 347 g/mol. The zero-order valence-electron chi connectivity index (χ0n) is 15.1. The predicted molar refractivity (Wildman–Crippen MR) is 96.6 cm³/mol. The number of likely N-dealkylation sites (tertiary alicyclic amines) is 1. The van der Waals surface area contributed by atoms with Gasteiger partial charge >= 0.3 is 0 Å². The van der Waals surface area contributed by atoms with Crippen molar-refractivity contribution in [3.05, 3.63) is 66.0 Å². The highest BCUT2D eigenvalue weighted by molar-refractivity contribution is 5.94. The maximum absolute atomic E-state index is 14.0. The largest absolute Gasteiger partial charge is 0.338 e. The lowest BCUT2D eigenvalue weighted by atomic mass is 9.96. The molecule has 1 saturated heterocycles. The van der Waals surface area contributed by atoms with E-state index in [1.807, 2.05) is 22.4 Å². The number of piperidine rings is 1. The highest BCUT2D eigenvalue weighted by Crippen LogP contribution is 2.27. The molecular formula is C19H21FN6O. The Kier molecular flexibility index (Phi) is 4.70. The van der Waals surface area contributed by atoms with Gasteiger partial charge in [0.25, 0.3) is 5.91 Å². The summed E-state index contributed by atoms with van der Waals surface area (Å²) in [6.45, 7) is 1.74. The minimum atomic E-state index is -0.481. The number of aromatic nitrogens is 5. The van der Waals surface area contributed by atoms with E-state index in [2.05, 4.69) is 15.2 Å². The van der Waals surface area contributed by atoms with E-state index in [1.54, 1.807) is 29.6 Å². The van der Waals surface area contributed by atoms with Crippen molar-refractivity contribution >= 4 is 5.91 Å². The number of rotatable bonds is 4. The minimum Gasteiger partial charge on any atom is -0.338 e. The van der Waals surface area contributed by atoms with Crippen molar-refractivity contribution in [3.63, 3.8) is 0 Å². The molecule has 1 aromatic carbocycles. The van der Waals surface area contributed by atoms with Gasteiger partial charge in [-0.1, -0.05) is 12.1 Å². The summed E-state index contributed by atoms with van der Waals surface area (Å²) in [4.78, 5) is 18.5. The molecule has 8 heteroatoms. The first kappa shape index (κ1) is 17.4. The van der Waals surface area contributed by atoms with Crippen molar-refractivity contribution in [2.45, 2.75) is 25.3 Å². The van der Waals surface area contributed by atoms with Crippen molar-refractivity contribution in [1.82, 2.24) is 29.2 Å². The summed E-state index contributed by atoms with van der Waals surface area (Å²) in [6.07, 6.45) is 7.13. The summed E-state index contributed by atoms with van der Waals surface area (Å²) in [5.41, 5.74) is 0.122. The fourth-order valence-electron chi connectivity index (χ4n) is 3.59. The molecule has 1 unspecified atom stereocenters. The van der Waals surface area contributed by atoms with Crippen LogP contribution in [0.3, 0.4) is 0 Å². The molecule has 0 saturated carbocycles. The average Bonchev–Trinajstić information content (AvgIpc) is 3.32. The highest BCUT2D eigenvalue weighted by atomic mass is 19.1. The van der Waals surface area contributed by atoms with Crippen LogP contribution in [-0.4, -0.2) is 48.2 Å². The van der Waals surface area contributed by atoms with Crippen LogP contribution in [0.2, 0.25) is 0 Å². The van der Waals surface area contributed by atoms with Crippen LogP contribution in [0, 0.1) is 5.82 Å². The number of carbonyl (C=O) groups excluding carboxylic acids is 1. The maximum Gasteiger partial charge on any atom is 0.256 e. The van der Waals surface area contributed by atoms with E-state index in [9.17, 15) is 9.18 Å². The minimum absolute atomic E-state index is 0.0866. The second-order valence-corrected chi connectivity index (χ2v) is 6.84. The van der Waals surface area contributed by atoms with Gasteiger partial charge in [-0.3, -0.25) is 4.79 Å². The van der Waals surface area contributed by atoms with Crippen LogP contribution in [0.4, 0.5) is 4.39 Å². The van der Waals surface area contributed by atoms with Gasteiger partial charge < -0.3 is 14.0 Å². The van der Waals surface area contributed by atoms with Crippen molar-refractivity contribution in [3.8, 4) is 0 Å². The topological polar surface area (TPSA) is 68.8 Å². The first-order valence-electron chi connectivity index (χ1n) is 9.01. The Morgan fingerprint density at radius 2 is 2.15 bits per heavy atom. The molecule has 1 aliphatic heterocycles. The maximum atomic E-state index is 14.0. The molecule has 4 rings (SSSR count). The highest BCUT2D eigenvalue weighted by Gasteiger charge is 2.29. The number of carbonyl (C=O) groups is 1. The summed E-state index contributed by atoms with van der Waals surface area (Å²) >= 11 is 0. The van der Waals surface area contributed by atoms with Crippen molar-refractivity contribution in [2.75, 3.05) is 13.1 Å². The number of nitrogens with zero attached hydrogens (tertiary/aromatic N) is 6. The Morgan fingerprint density at radius 3 is 2.93 bits per heavy atom. The summed E-state index contributed by atoms with van der Waals surface area (Å²) < 4.78 is 17.9. The van der Waals surface area contributed by atoms with Gasteiger partial charge in [-0.15, -0.1) is 10.2 Å². The third-order valence-corrected chi connectivity index (χ3v) is 5.06. The van der Waals surface area contributed by atoms with Crippen LogP contribution in [0.25, 0.3) is 0 Å². The smallest absolute Gasteiger partial charge is 0.256 e. The Bertz CT molecular complexity index is 936. The molecule has 1 aliphatic rings. The fourth-order valence-corrected chi connectivity index (χ4v) is 3.59. The molecule has 27 heavy (non-hydrogen) atoms. The zero-order valence-corrected chi connectivity index (χ0v) is 15.1. The third-order valence-electron chi connectivity index (χ3n) is 5.06. The molecule has 0 N–H and O–H groups in total. The van der Waals surface area contributed by atoms with E-state index >= 15 is 0 Å².